The molecular weight excluding hydrogens is 306 g/mol. The summed E-state index contributed by atoms with van der Waals surface area (Å²) in [4.78, 5) is 26.7. The molecule has 0 fully saturated rings. The fourth-order valence-corrected chi connectivity index (χ4v) is 2.51. The van der Waals surface area contributed by atoms with E-state index in [0.29, 0.717) is 17.3 Å². The average molecular weight is 323 g/mol. The number of para-hydroxylation sites is 1. The van der Waals surface area contributed by atoms with Gasteiger partial charge in [-0.05, 0) is 23.8 Å². The predicted octanol–water partition coefficient (Wildman–Crippen LogP) is 2.94. The number of aromatic amines is 1. The van der Waals surface area contributed by atoms with Crippen LogP contribution in [0.3, 0.4) is 0 Å². The molecule has 5 nitrogen and oxygen atoms in total. The standard InChI is InChI=1S/C19H17NO4/c1-23-14-8-6-13(7-9-14)10-11-24-19(22)16-12-18(21)20-17-5-3-2-4-15(16)17/h2-9,12H,10-11H2,1H3,(H,20,21). The van der Waals surface area contributed by atoms with Gasteiger partial charge in [0.25, 0.3) is 0 Å². The molecule has 0 amide bonds. The molecule has 24 heavy (non-hydrogen) atoms. The van der Waals surface area contributed by atoms with Crippen molar-refractivity contribution in [3.8, 4) is 5.75 Å². The van der Waals surface area contributed by atoms with Crippen molar-refractivity contribution in [1.29, 1.82) is 0 Å². The monoisotopic (exact) mass is 323 g/mol. The van der Waals surface area contributed by atoms with Gasteiger partial charge in [-0.25, -0.2) is 4.79 Å². The lowest BCUT2D eigenvalue weighted by Crippen LogP contribution is -2.14. The molecule has 1 N–H and O–H groups in total. The Morgan fingerprint density at radius 3 is 2.58 bits per heavy atom. The maximum atomic E-state index is 12.3. The van der Waals surface area contributed by atoms with Crippen LogP contribution in [0.1, 0.15) is 15.9 Å². The number of ether oxygens (including phenoxy) is 2. The zero-order chi connectivity index (χ0) is 16.9. The van der Waals surface area contributed by atoms with Gasteiger partial charge >= 0.3 is 5.97 Å². The van der Waals surface area contributed by atoms with E-state index in [-0.39, 0.29) is 17.7 Å². The van der Waals surface area contributed by atoms with Crippen molar-refractivity contribution < 1.29 is 14.3 Å². The van der Waals surface area contributed by atoms with E-state index in [1.165, 1.54) is 6.07 Å². The lowest BCUT2D eigenvalue weighted by Gasteiger charge is -2.08. The van der Waals surface area contributed by atoms with E-state index in [4.69, 9.17) is 9.47 Å². The molecule has 1 aromatic heterocycles. The Kier molecular flexibility index (Phi) is 4.61. The summed E-state index contributed by atoms with van der Waals surface area (Å²) >= 11 is 0. The van der Waals surface area contributed by atoms with Crippen LogP contribution in [0.25, 0.3) is 10.9 Å². The van der Waals surface area contributed by atoms with Crippen LogP contribution in [0.4, 0.5) is 0 Å². The molecule has 0 spiro atoms. The van der Waals surface area contributed by atoms with Crippen molar-refractivity contribution in [2.75, 3.05) is 13.7 Å². The zero-order valence-electron chi connectivity index (χ0n) is 13.2. The van der Waals surface area contributed by atoms with Crippen molar-refractivity contribution in [2.45, 2.75) is 6.42 Å². The zero-order valence-corrected chi connectivity index (χ0v) is 13.2. The van der Waals surface area contributed by atoms with E-state index >= 15 is 0 Å². The van der Waals surface area contributed by atoms with Crippen molar-refractivity contribution in [3.05, 3.63) is 76.1 Å². The highest BCUT2D eigenvalue weighted by molar-refractivity contribution is 6.03. The largest absolute Gasteiger partial charge is 0.497 e. The van der Waals surface area contributed by atoms with Gasteiger partial charge in [-0.1, -0.05) is 30.3 Å². The molecule has 0 aliphatic rings. The highest BCUT2D eigenvalue weighted by Gasteiger charge is 2.13. The minimum absolute atomic E-state index is 0.242. The summed E-state index contributed by atoms with van der Waals surface area (Å²) in [5.41, 5.74) is 1.62. The molecular formula is C19H17NO4. The van der Waals surface area contributed by atoms with E-state index in [1.54, 1.807) is 25.3 Å². The summed E-state index contributed by atoms with van der Waals surface area (Å²) in [5.74, 6) is 0.288. The number of carbonyl (C=O) groups is 1. The van der Waals surface area contributed by atoms with E-state index in [9.17, 15) is 9.59 Å². The van der Waals surface area contributed by atoms with Gasteiger partial charge in [-0.3, -0.25) is 4.79 Å². The van der Waals surface area contributed by atoms with Gasteiger partial charge in [0, 0.05) is 23.4 Å². The molecule has 2 aromatic carbocycles. The fraction of sp³-hybridized carbons (Fsp3) is 0.158. The summed E-state index contributed by atoms with van der Waals surface area (Å²) in [6.45, 7) is 0.242. The highest BCUT2D eigenvalue weighted by Crippen LogP contribution is 2.16. The number of aromatic nitrogens is 1. The molecule has 0 atom stereocenters. The second-order valence-electron chi connectivity index (χ2n) is 5.33. The van der Waals surface area contributed by atoms with Crippen LogP contribution in [-0.4, -0.2) is 24.7 Å². The minimum atomic E-state index is -0.495. The molecule has 0 aliphatic heterocycles. The van der Waals surface area contributed by atoms with Crippen LogP contribution in [0, 0.1) is 0 Å². The Labute approximate surface area is 138 Å². The number of pyridine rings is 1. The van der Waals surface area contributed by atoms with Crippen LogP contribution in [0.15, 0.2) is 59.4 Å². The first-order valence-electron chi connectivity index (χ1n) is 7.59. The first kappa shape index (κ1) is 15.8. The molecule has 0 bridgehead atoms. The first-order valence-corrected chi connectivity index (χ1v) is 7.59. The molecule has 0 saturated carbocycles. The predicted molar refractivity (Wildman–Crippen MR) is 91.5 cm³/mol. The number of H-pyrrole nitrogens is 1. The van der Waals surface area contributed by atoms with Crippen molar-refractivity contribution in [2.24, 2.45) is 0 Å². The normalized spacial score (nSPS) is 10.5. The highest BCUT2D eigenvalue weighted by atomic mass is 16.5. The number of esters is 1. The van der Waals surface area contributed by atoms with Gasteiger partial charge < -0.3 is 14.5 Å². The van der Waals surface area contributed by atoms with Gasteiger partial charge in [0.15, 0.2) is 0 Å². The Morgan fingerprint density at radius 2 is 1.83 bits per heavy atom. The van der Waals surface area contributed by atoms with Crippen LogP contribution < -0.4 is 10.3 Å². The average Bonchev–Trinajstić information content (AvgIpc) is 2.61. The van der Waals surface area contributed by atoms with E-state index < -0.39 is 5.97 Å². The first-order chi connectivity index (χ1) is 11.7. The molecule has 1 heterocycles. The number of benzene rings is 2. The lowest BCUT2D eigenvalue weighted by atomic mass is 10.1. The number of hydrogen-bond donors (Lipinski definition) is 1. The van der Waals surface area contributed by atoms with Crippen LogP contribution in [-0.2, 0) is 11.2 Å². The molecule has 0 unspecified atom stereocenters. The topological polar surface area (TPSA) is 68.4 Å². The Morgan fingerprint density at radius 1 is 1.08 bits per heavy atom. The summed E-state index contributed by atoms with van der Waals surface area (Å²) in [7, 11) is 1.61. The quantitative estimate of drug-likeness (QED) is 0.733. The third-order valence-electron chi connectivity index (χ3n) is 3.75. The molecule has 3 rings (SSSR count). The Hall–Kier alpha value is -3.08. The summed E-state index contributed by atoms with van der Waals surface area (Å²) in [5, 5.41) is 0.673. The van der Waals surface area contributed by atoms with Crippen LogP contribution in [0.5, 0.6) is 5.75 Å². The molecule has 0 aliphatic carbocycles. The van der Waals surface area contributed by atoms with Crippen molar-refractivity contribution in [3.63, 3.8) is 0 Å². The van der Waals surface area contributed by atoms with Gasteiger partial charge in [0.2, 0.25) is 5.56 Å². The Bertz CT molecular complexity index is 913. The smallest absolute Gasteiger partial charge is 0.339 e. The summed E-state index contributed by atoms with van der Waals surface area (Å²) < 4.78 is 10.4. The van der Waals surface area contributed by atoms with E-state index in [1.807, 2.05) is 30.3 Å². The van der Waals surface area contributed by atoms with Crippen LogP contribution in [0.2, 0.25) is 0 Å². The van der Waals surface area contributed by atoms with Gasteiger partial charge in [-0.2, -0.15) is 0 Å². The molecule has 122 valence electrons. The number of hydrogen-bond acceptors (Lipinski definition) is 4. The van der Waals surface area contributed by atoms with Crippen molar-refractivity contribution in [1.82, 2.24) is 4.98 Å². The fourth-order valence-electron chi connectivity index (χ4n) is 2.51. The molecule has 3 aromatic rings. The molecule has 0 radical (unpaired) electrons. The SMILES string of the molecule is COc1ccc(CCOC(=O)c2cc(=O)[nH]c3ccccc23)cc1. The number of carbonyl (C=O) groups excluding carboxylic acids is 1. The summed E-state index contributed by atoms with van der Waals surface area (Å²) in [6.07, 6.45) is 0.594. The number of methoxy groups -OCH3 is 1. The second-order valence-corrected chi connectivity index (χ2v) is 5.33. The van der Waals surface area contributed by atoms with E-state index in [0.717, 1.165) is 11.3 Å². The maximum Gasteiger partial charge on any atom is 0.339 e. The maximum absolute atomic E-state index is 12.3. The van der Waals surface area contributed by atoms with Crippen LogP contribution >= 0.6 is 0 Å². The van der Waals surface area contributed by atoms with Gasteiger partial charge in [0.1, 0.15) is 5.75 Å². The second kappa shape index (κ2) is 7.00. The number of fused-ring (bicyclic) bond motifs is 1. The third-order valence-corrected chi connectivity index (χ3v) is 3.75. The number of rotatable bonds is 5. The number of nitrogens with one attached hydrogen (secondary N) is 1. The van der Waals surface area contributed by atoms with Crippen molar-refractivity contribution >= 4 is 16.9 Å². The van der Waals surface area contributed by atoms with Gasteiger partial charge in [-0.15, -0.1) is 0 Å². The lowest BCUT2D eigenvalue weighted by molar-refractivity contribution is 0.0511. The molecule has 0 saturated heterocycles. The van der Waals surface area contributed by atoms with E-state index in [2.05, 4.69) is 4.98 Å². The third kappa shape index (κ3) is 3.46. The van der Waals surface area contributed by atoms with Gasteiger partial charge in [0.05, 0.1) is 19.3 Å². The molecule has 5 heteroatoms. The minimum Gasteiger partial charge on any atom is -0.497 e. The summed E-state index contributed by atoms with van der Waals surface area (Å²) in [6, 6.07) is 16.0. The Balaban J connectivity index is 1.70.